The Morgan fingerprint density at radius 2 is 2.14 bits per heavy atom. The number of para-hydroxylation sites is 1. The summed E-state index contributed by atoms with van der Waals surface area (Å²) in [6.45, 7) is 0. The Bertz CT molecular complexity index is 510. The average molecular weight is 283 g/mol. The van der Waals surface area contributed by atoms with Crippen molar-refractivity contribution in [2.45, 2.75) is 10.1 Å². The van der Waals surface area contributed by atoms with Gasteiger partial charge < -0.3 is 0 Å². The van der Waals surface area contributed by atoms with Crippen LogP contribution in [0.4, 0.5) is 0 Å². The van der Waals surface area contributed by atoms with Gasteiger partial charge in [0.05, 0.1) is 0 Å². The molecule has 1 heterocycles. The van der Waals surface area contributed by atoms with Gasteiger partial charge >= 0.3 is 98.0 Å². The minimum absolute atomic E-state index is 0.757. The summed E-state index contributed by atoms with van der Waals surface area (Å²) >= 11 is 1.30. The topological polar surface area (TPSA) is 15.8 Å². The predicted octanol–water partition coefficient (Wildman–Crippen LogP) is 2.79. The second-order valence-electron chi connectivity index (χ2n) is 3.74. The molecule has 14 heavy (non-hydrogen) atoms. The molecule has 1 nitrogen and oxygen atoms in total. The van der Waals surface area contributed by atoms with E-state index in [2.05, 4.69) is 41.4 Å². The fourth-order valence-corrected chi connectivity index (χ4v) is 3.31. The van der Waals surface area contributed by atoms with Crippen molar-refractivity contribution < 1.29 is 0 Å². The Morgan fingerprint density at radius 1 is 1.29 bits per heavy atom. The van der Waals surface area contributed by atoms with E-state index in [1.807, 2.05) is 0 Å². The molecule has 1 atom stereocenters. The summed E-state index contributed by atoms with van der Waals surface area (Å²) in [6.07, 6.45) is 5.78. The molecule has 1 aromatic heterocycles. The standard InChI is InChI=1S/C12H10N.In/c1-3-7-11-9(5-1)10-6-2-4-8-12(10)13-11;/h1-3,5-8,13H,4H2;. The number of aromatic amines is 1. The van der Waals surface area contributed by atoms with Gasteiger partial charge in [-0.3, -0.25) is 0 Å². The molecule has 1 aliphatic rings. The van der Waals surface area contributed by atoms with Crippen molar-refractivity contribution in [2.75, 3.05) is 0 Å². The zero-order chi connectivity index (χ0) is 9.54. The van der Waals surface area contributed by atoms with Crippen LogP contribution in [0.2, 0.25) is 0 Å². The van der Waals surface area contributed by atoms with E-state index in [-0.39, 0.29) is 0 Å². The number of allylic oxidation sites excluding steroid dienone is 1. The van der Waals surface area contributed by atoms with Gasteiger partial charge in [-0.05, 0) is 0 Å². The maximum atomic E-state index is 3.55. The van der Waals surface area contributed by atoms with E-state index in [9.17, 15) is 0 Å². The predicted molar refractivity (Wildman–Crippen MR) is 60.4 cm³/mol. The molecule has 0 saturated heterocycles. The van der Waals surface area contributed by atoms with Crippen LogP contribution >= 0.6 is 0 Å². The summed E-state index contributed by atoms with van der Waals surface area (Å²) in [6, 6.07) is 8.57. The monoisotopic (exact) mass is 283 g/mol. The molecule has 3 rings (SSSR count). The third-order valence-electron chi connectivity index (χ3n) is 2.82. The number of H-pyrrole nitrogens is 1. The molecule has 66 valence electrons. The Hall–Kier alpha value is -0.630. The Morgan fingerprint density at radius 3 is 3.07 bits per heavy atom. The molecule has 1 aromatic carbocycles. The maximum absolute atomic E-state index is 3.55. The zero-order valence-corrected chi connectivity index (χ0v) is 11.1. The molecule has 2 aromatic rings. The Labute approximate surface area is 97.8 Å². The molecule has 0 aliphatic heterocycles. The molecule has 2 heteroatoms. The third-order valence-corrected chi connectivity index (χ3v) is 4.55. The second kappa shape index (κ2) is 3.20. The Kier molecular flexibility index (Phi) is 1.98. The van der Waals surface area contributed by atoms with Crippen molar-refractivity contribution >= 4 is 41.4 Å². The fraction of sp³-hybridized carbons (Fsp3) is 0.167. The summed E-state index contributed by atoms with van der Waals surface area (Å²) in [5.41, 5.74) is 4.16. The molecular weight excluding hydrogens is 273 g/mol. The fourth-order valence-electron chi connectivity index (χ4n) is 2.11. The molecule has 0 bridgehead atoms. The van der Waals surface area contributed by atoms with E-state index in [1.165, 1.54) is 53.0 Å². The van der Waals surface area contributed by atoms with Crippen LogP contribution in [0.1, 0.15) is 21.4 Å². The van der Waals surface area contributed by atoms with Crippen molar-refractivity contribution in [2.24, 2.45) is 0 Å². The van der Waals surface area contributed by atoms with Crippen molar-refractivity contribution in [1.82, 2.24) is 4.98 Å². The first-order chi connectivity index (χ1) is 6.86. The molecule has 1 aliphatic carbocycles. The summed E-state index contributed by atoms with van der Waals surface area (Å²) in [5, 5.41) is 1.37. The molecule has 0 amide bonds. The summed E-state index contributed by atoms with van der Waals surface area (Å²) in [4.78, 5) is 3.55. The molecule has 1 N–H and O–H groups in total. The first-order valence-electron chi connectivity index (χ1n) is 4.89. The molecule has 0 saturated carbocycles. The minimum atomic E-state index is 0.757. The summed E-state index contributed by atoms with van der Waals surface area (Å²) in [7, 11) is 0. The summed E-state index contributed by atoms with van der Waals surface area (Å²) < 4.78 is 0.757. The van der Waals surface area contributed by atoms with Crippen molar-refractivity contribution in [3.05, 3.63) is 41.6 Å². The van der Waals surface area contributed by atoms with Gasteiger partial charge in [0.15, 0.2) is 0 Å². The first kappa shape index (κ1) is 8.66. The Balaban J connectivity index is 2.39. The van der Waals surface area contributed by atoms with E-state index in [0.717, 1.165) is 3.67 Å². The van der Waals surface area contributed by atoms with Gasteiger partial charge in [0.2, 0.25) is 0 Å². The SMILES string of the molecule is [In][CH]1CC=Cc2c1[nH]c1ccccc21. The van der Waals surface area contributed by atoms with Crippen LogP contribution in [0, 0.1) is 0 Å². The number of benzene rings is 1. The number of hydrogen-bond donors (Lipinski definition) is 1. The van der Waals surface area contributed by atoms with Gasteiger partial charge in [-0.15, -0.1) is 0 Å². The average Bonchev–Trinajstić information content (AvgIpc) is 2.59. The van der Waals surface area contributed by atoms with Crippen molar-refractivity contribution in [3.63, 3.8) is 0 Å². The van der Waals surface area contributed by atoms with Crippen LogP contribution in [-0.2, 0) is 0 Å². The number of fused-ring (bicyclic) bond motifs is 3. The van der Waals surface area contributed by atoms with Gasteiger partial charge in [0, 0.05) is 0 Å². The molecular formula is C12H10InN. The van der Waals surface area contributed by atoms with Crippen molar-refractivity contribution in [1.29, 1.82) is 0 Å². The van der Waals surface area contributed by atoms with E-state index in [1.54, 1.807) is 0 Å². The van der Waals surface area contributed by atoms with Gasteiger partial charge in [-0.25, -0.2) is 0 Å². The molecule has 0 spiro atoms. The number of nitrogens with one attached hydrogen (secondary N) is 1. The van der Waals surface area contributed by atoms with Crippen molar-refractivity contribution in [3.8, 4) is 0 Å². The number of hydrogen-bond acceptors (Lipinski definition) is 0. The third kappa shape index (κ3) is 1.17. The number of rotatable bonds is 0. The van der Waals surface area contributed by atoms with Gasteiger partial charge in [0.25, 0.3) is 0 Å². The number of aromatic nitrogens is 1. The normalized spacial score (nSPS) is 19.9. The van der Waals surface area contributed by atoms with E-state index in [4.69, 9.17) is 0 Å². The van der Waals surface area contributed by atoms with E-state index in [0.29, 0.717) is 0 Å². The second-order valence-corrected chi connectivity index (χ2v) is 6.04. The summed E-state index contributed by atoms with van der Waals surface area (Å²) in [5.74, 6) is 0. The molecule has 1 unspecified atom stereocenters. The molecule has 2 radical (unpaired) electrons. The molecule has 0 fully saturated rings. The first-order valence-corrected chi connectivity index (χ1v) is 6.79. The van der Waals surface area contributed by atoms with Crippen LogP contribution in [0.5, 0.6) is 0 Å². The quantitative estimate of drug-likeness (QED) is 0.765. The van der Waals surface area contributed by atoms with Gasteiger partial charge in [0.1, 0.15) is 0 Å². The van der Waals surface area contributed by atoms with E-state index < -0.39 is 0 Å². The van der Waals surface area contributed by atoms with Crippen LogP contribution in [0.25, 0.3) is 17.0 Å². The van der Waals surface area contributed by atoms with E-state index >= 15 is 0 Å². The van der Waals surface area contributed by atoms with Gasteiger partial charge in [-0.2, -0.15) is 0 Å². The van der Waals surface area contributed by atoms with Crippen LogP contribution in [0.3, 0.4) is 0 Å². The van der Waals surface area contributed by atoms with Crippen LogP contribution < -0.4 is 0 Å². The van der Waals surface area contributed by atoms with Gasteiger partial charge in [-0.1, -0.05) is 0 Å². The zero-order valence-electron chi connectivity index (χ0n) is 7.83. The van der Waals surface area contributed by atoms with Crippen LogP contribution in [0.15, 0.2) is 30.3 Å². The van der Waals surface area contributed by atoms with Crippen LogP contribution in [-0.4, -0.2) is 29.4 Å².